The summed E-state index contributed by atoms with van der Waals surface area (Å²) in [4.78, 5) is 23.6. The Kier molecular flexibility index (Phi) is 5.61. The van der Waals surface area contributed by atoms with Crippen molar-refractivity contribution < 1.29 is 27.1 Å². The molecule has 1 amide bonds. The van der Waals surface area contributed by atoms with Crippen LogP contribution in [0.4, 0.5) is 23.2 Å². The van der Waals surface area contributed by atoms with Gasteiger partial charge in [0, 0.05) is 17.5 Å². The lowest BCUT2D eigenvalue weighted by molar-refractivity contribution is -0.144. The van der Waals surface area contributed by atoms with Gasteiger partial charge < -0.3 is 10.1 Å². The zero-order chi connectivity index (χ0) is 24.0. The van der Waals surface area contributed by atoms with Crippen LogP contribution in [-0.2, 0) is 11.0 Å². The van der Waals surface area contributed by atoms with Gasteiger partial charge in [0.25, 0.3) is 0 Å². The summed E-state index contributed by atoms with van der Waals surface area (Å²) in [5.41, 5.74) is 0.801. The molecule has 5 atom stereocenters. The third-order valence-corrected chi connectivity index (χ3v) is 6.84. The number of alkyl halides is 3. The number of carbonyl (C=O) groups is 1. The number of fused-ring (bicyclic) bond motifs is 2. The Hall–Kier alpha value is -3.30. The first kappa shape index (κ1) is 22.5. The highest BCUT2D eigenvalue weighted by Crippen LogP contribution is 2.62. The van der Waals surface area contributed by atoms with Crippen LogP contribution in [0.2, 0.25) is 0 Å². The predicted octanol–water partition coefficient (Wildman–Crippen LogP) is 5.25. The van der Waals surface area contributed by atoms with Crippen molar-refractivity contribution in [3.63, 3.8) is 0 Å². The number of ether oxygens (including phenoxy) is 1. The lowest BCUT2D eigenvalue weighted by atomic mass is 9.93. The zero-order valence-electron chi connectivity index (χ0n) is 18.2. The predicted molar refractivity (Wildman–Crippen MR) is 115 cm³/mol. The number of halogens is 4. The highest BCUT2D eigenvalue weighted by atomic mass is 19.4. The number of hydrogen-bond acceptors (Lipinski definition) is 5. The summed E-state index contributed by atoms with van der Waals surface area (Å²) in [6, 6.07) is 6.13. The van der Waals surface area contributed by atoms with Crippen molar-refractivity contribution in [3.8, 4) is 5.75 Å². The first-order chi connectivity index (χ1) is 16.2. The smallest absolute Gasteiger partial charge is 0.451 e. The van der Waals surface area contributed by atoms with E-state index >= 15 is 0 Å². The first-order valence-corrected chi connectivity index (χ1v) is 11.2. The van der Waals surface area contributed by atoms with Gasteiger partial charge in [-0.3, -0.25) is 9.78 Å². The summed E-state index contributed by atoms with van der Waals surface area (Å²) < 4.78 is 57.8. The van der Waals surface area contributed by atoms with Crippen molar-refractivity contribution in [2.45, 2.75) is 38.5 Å². The molecule has 1 unspecified atom stereocenters. The quantitative estimate of drug-likeness (QED) is 0.494. The largest absolute Gasteiger partial charge is 0.490 e. The molecule has 0 bridgehead atoms. The number of aromatic nitrogens is 3. The van der Waals surface area contributed by atoms with Gasteiger partial charge in [0.15, 0.2) is 0 Å². The lowest BCUT2D eigenvalue weighted by Crippen LogP contribution is -2.27. The third-order valence-electron chi connectivity index (χ3n) is 6.84. The second kappa shape index (κ2) is 8.48. The Morgan fingerprint density at radius 2 is 1.85 bits per heavy atom. The van der Waals surface area contributed by atoms with E-state index in [9.17, 15) is 22.4 Å². The Labute approximate surface area is 192 Å². The molecule has 2 saturated carbocycles. The van der Waals surface area contributed by atoms with Crippen LogP contribution in [0.3, 0.4) is 0 Å². The fourth-order valence-electron chi connectivity index (χ4n) is 5.32. The van der Waals surface area contributed by atoms with E-state index in [1.807, 2.05) is 6.92 Å². The van der Waals surface area contributed by atoms with E-state index in [2.05, 4.69) is 20.3 Å². The van der Waals surface area contributed by atoms with Crippen molar-refractivity contribution in [1.82, 2.24) is 15.0 Å². The van der Waals surface area contributed by atoms with E-state index in [1.165, 1.54) is 12.1 Å². The molecule has 0 radical (unpaired) electrons. The van der Waals surface area contributed by atoms with Crippen LogP contribution in [0.5, 0.6) is 5.75 Å². The van der Waals surface area contributed by atoms with E-state index in [0.717, 1.165) is 25.2 Å². The minimum atomic E-state index is -4.63. The summed E-state index contributed by atoms with van der Waals surface area (Å²) in [5.74, 6) is -0.609. The van der Waals surface area contributed by atoms with E-state index in [4.69, 9.17) is 4.74 Å². The highest BCUT2D eigenvalue weighted by Gasteiger charge is 2.60. The molecule has 2 aliphatic carbocycles. The average molecular weight is 474 g/mol. The van der Waals surface area contributed by atoms with Crippen LogP contribution in [0.1, 0.15) is 32.0 Å². The van der Waals surface area contributed by atoms with Crippen LogP contribution in [-0.4, -0.2) is 27.0 Å². The van der Waals surface area contributed by atoms with Gasteiger partial charge in [0.05, 0.1) is 29.7 Å². The highest BCUT2D eigenvalue weighted by molar-refractivity contribution is 5.92. The monoisotopic (exact) mass is 474 g/mol. The maximum Gasteiger partial charge on any atom is 0.451 e. The Morgan fingerprint density at radius 1 is 1.15 bits per heavy atom. The molecule has 1 N–H and O–H groups in total. The van der Waals surface area contributed by atoms with Gasteiger partial charge in [-0.1, -0.05) is 6.92 Å². The average Bonchev–Trinajstić information content (AvgIpc) is 3.26. The van der Waals surface area contributed by atoms with Gasteiger partial charge in [-0.25, -0.2) is 14.4 Å². The normalized spacial score (nSPS) is 24.5. The number of nitrogens with one attached hydrogen (secondary N) is 1. The number of benzene rings is 1. The summed E-state index contributed by atoms with van der Waals surface area (Å²) in [6.07, 6.45) is 1.13. The molecule has 34 heavy (non-hydrogen) atoms. The number of nitrogens with zero attached hydrogens (tertiary/aromatic N) is 3. The Balaban J connectivity index is 1.20. The Morgan fingerprint density at radius 3 is 2.50 bits per heavy atom. The summed E-state index contributed by atoms with van der Waals surface area (Å²) in [6.45, 7) is 1.92. The number of hydrogen-bond donors (Lipinski definition) is 1. The van der Waals surface area contributed by atoms with Crippen LogP contribution < -0.4 is 10.1 Å². The van der Waals surface area contributed by atoms with Crippen LogP contribution in [0.25, 0.3) is 10.9 Å². The molecule has 2 aliphatic rings. The van der Waals surface area contributed by atoms with E-state index in [0.29, 0.717) is 34.9 Å². The molecule has 6 nitrogen and oxygen atoms in total. The van der Waals surface area contributed by atoms with E-state index in [-0.39, 0.29) is 35.4 Å². The number of anilines is 1. The maximum atomic E-state index is 13.7. The summed E-state index contributed by atoms with van der Waals surface area (Å²) in [7, 11) is 0. The number of carbonyl (C=O) groups excluding carboxylic acids is 1. The molecule has 3 aromatic rings. The standard InChI is InChI=1S/C24H22F4N4O2/c1-2-15(22(33)32-13-10-30-23(31-11-13)24(26,27)28)21-16-8-14(9-17(16)21)34-20-5-6-29-19-4-3-12(25)7-18(19)20/h3-7,10-11,14-17,21H,2,8-9H2,1H3,(H,32,33)/t14-,15?,16+,17-,21-. The second-order valence-corrected chi connectivity index (χ2v) is 8.88. The maximum absolute atomic E-state index is 13.7. The second-order valence-electron chi connectivity index (χ2n) is 8.88. The number of amides is 1. The van der Waals surface area contributed by atoms with Gasteiger partial charge in [0.2, 0.25) is 11.7 Å². The van der Waals surface area contributed by atoms with E-state index < -0.39 is 12.0 Å². The molecule has 0 spiro atoms. The van der Waals surface area contributed by atoms with Crippen LogP contribution in [0.15, 0.2) is 42.9 Å². The molecule has 178 valence electrons. The van der Waals surface area contributed by atoms with Gasteiger partial charge >= 0.3 is 6.18 Å². The SMILES string of the molecule is CCC(C(=O)Nc1cnc(C(F)(F)F)nc1)[C@H]1[C@@H]2C[C@H](Oc3ccnc4ccc(F)cc34)C[C@@H]21. The molecular weight excluding hydrogens is 452 g/mol. The van der Waals surface area contributed by atoms with Crippen molar-refractivity contribution in [2.24, 2.45) is 23.7 Å². The van der Waals surface area contributed by atoms with Crippen molar-refractivity contribution in [3.05, 3.63) is 54.5 Å². The molecule has 0 aliphatic heterocycles. The molecular formula is C24H22F4N4O2. The summed E-state index contributed by atoms with van der Waals surface area (Å²) in [5, 5.41) is 3.28. The number of rotatable bonds is 6. The van der Waals surface area contributed by atoms with Gasteiger partial charge in [-0.2, -0.15) is 13.2 Å². The first-order valence-electron chi connectivity index (χ1n) is 11.2. The van der Waals surface area contributed by atoms with Crippen LogP contribution >= 0.6 is 0 Å². The van der Waals surface area contributed by atoms with Gasteiger partial charge in [-0.05, 0) is 61.3 Å². The molecule has 1 aromatic carbocycles. The van der Waals surface area contributed by atoms with Crippen molar-refractivity contribution in [1.29, 1.82) is 0 Å². The van der Waals surface area contributed by atoms with E-state index in [1.54, 1.807) is 18.3 Å². The van der Waals surface area contributed by atoms with Crippen molar-refractivity contribution in [2.75, 3.05) is 5.32 Å². The number of pyridine rings is 1. The molecule has 10 heteroatoms. The fraction of sp³-hybridized carbons (Fsp3) is 0.417. The zero-order valence-corrected chi connectivity index (χ0v) is 18.2. The molecule has 2 fully saturated rings. The molecule has 2 aromatic heterocycles. The molecule has 0 saturated heterocycles. The lowest BCUT2D eigenvalue weighted by Gasteiger charge is -2.21. The third kappa shape index (κ3) is 4.28. The molecule has 2 heterocycles. The van der Waals surface area contributed by atoms with Crippen LogP contribution in [0, 0.1) is 29.5 Å². The fourth-order valence-corrected chi connectivity index (χ4v) is 5.32. The minimum Gasteiger partial charge on any atom is -0.490 e. The van der Waals surface area contributed by atoms with Gasteiger partial charge in [-0.15, -0.1) is 0 Å². The topological polar surface area (TPSA) is 77.0 Å². The van der Waals surface area contributed by atoms with Crippen molar-refractivity contribution >= 4 is 22.5 Å². The summed E-state index contributed by atoms with van der Waals surface area (Å²) >= 11 is 0. The Bertz CT molecular complexity index is 1210. The minimum absolute atomic E-state index is 0.0241. The molecule has 5 rings (SSSR count). The van der Waals surface area contributed by atoms with Gasteiger partial charge in [0.1, 0.15) is 11.6 Å².